The van der Waals surface area contributed by atoms with Gasteiger partial charge in [-0.15, -0.1) is 11.3 Å². The molecule has 0 aliphatic carbocycles. The first-order valence-corrected chi connectivity index (χ1v) is 12.8. The summed E-state index contributed by atoms with van der Waals surface area (Å²) in [5.41, 5.74) is -0.455. The number of ether oxygens (including phenoxy) is 2. The molecule has 3 atom stereocenters. The number of carbonyl (C=O) groups excluding carboxylic acids is 2. The van der Waals surface area contributed by atoms with Crippen LogP contribution in [0.4, 0.5) is 9.80 Å². The fraction of sp³-hybridized carbons (Fsp3) is 0.750. The van der Waals surface area contributed by atoms with Gasteiger partial charge in [0.05, 0.1) is 24.3 Å². The molecule has 0 bridgehead atoms. The summed E-state index contributed by atoms with van der Waals surface area (Å²) in [6.07, 6.45) is 2.32. The van der Waals surface area contributed by atoms with Crippen LogP contribution in [0.3, 0.4) is 0 Å². The third-order valence-electron chi connectivity index (χ3n) is 6.92. The maximum Gasteiger partial charge on any atom is 0.322 e. The zero-order valence-corrected chi connectivity index (χ0v) is 20.9. The average molecular weight is 482 g/mol. The minimum Gasteiger partial charge on any atom is -0.391 e. The van der Waals surface area contributed by atoms with Gasteiger partial charge in [0.2, 0.25) is 5.91 Å². The van der Waals surface area contributed by atoms with Crippen molar-refractivity contribution in [2.45, 2.75) is 45.6 Å². The molecule has 1 aromatic heterocycles. The van der Waals surface area contributed by atoms with Crippen LogP contribution < -0.4 is 5.32 Å². The Balaban J connectivity index is 1.70. The van der Waals surface area contributed by atoms with Crippen molar-refractivity contribution in [2.75, 3.05) is 58.4 Å². The van der Waals surface area contributed by atoms with Gasteiger partial charge < -0.3 is 24.4 Å². The SMILES string of the molecule is COCCN1C[C@H](O)C(C)(C)COCCC[C@H]2CN(C(=O)Nc3cccs3)CC[C@H]2CC1=O. The topological polar surface area (TPSA) is 91.3 Å². The van der Waals surface area contributed by atoms with Crippen molar-refractivity contribution in [3.63, 3.8) is 0 Å². The first-order chi connectivity index (χ1) is 15.8. The van der Waals surface area contributed by atoms with Gasteiger partial charge in [0, 0.05) is 51.7 Å². The number of anilines is 1. The molecule has 0 aromatic carbocycles. The van der Waals surface area contributed by atoms with Crippen LogP contribution >= 0.6 is 11.3 Å². The summed E-state index contributed by atoms with van der Waals surface area (Å²) in [6, 6.07) is 3.74. The van der Waals surface area contributed by atoms with Crippen molar-refractivity contribution in [1.82, 2.24) is 9.80 Å². The molecule has 3 amide bonds. The normalized spacial score (nSPS) is 27.2. The highest BCUT2D eigenvalue weighted by atomic mass is 32.1. The summed E-state index contributed by atoms with van der Waals surface area (Å²) < 4.78 is 11.1. The number of amides is 3. The number of methoxy groups -OCH3 is 1. The van der Waals surface area contributed by atoms with E-state index >= 15 is 0 Å². The molecule has 2 aliphatic rings. The molecule has 2 aliphatic heterocycles. The van der Waals surface area contributed by atoms with E-state index in [-0.39, 0.29) is 30.3 Å². The van der Waals surface area contributed by atoms with Crippen molar-refractivity contribution < 1.29 is 24.2 Å². The number of thiophene rings is 1. The number of aliphatic hydroxyl groups is 1. The van der Waals surface area contributed by atoms with Crippen LogP contribution in [0.2, 0.25) is 0 Å². The lowest BCUT2D eigenvalue weighted by Gasteiger charge is -2.39. The molecule has 33 heavy (non-hydrogen) atoms. The zero-order chi connectivity index (χ0) is 23.8. The molecule has 0 unspecified atom stereocenters. The van der Waals surface area contributed by atoms with Gasteiger partial charge in [-0.2, -0.15) is 0 Å². The van der Waals surface area contributed by atoms with E-state index in [0.29, 0.717) is 45.9 Å². The molecule has 2 fully saturated rings. The lowest BCUT2D eigenvalue weighted by Crippen LogP contribution is -2.48. The maximum absolute atomic E-state index is 13.3. The smallest absolute Gasteiger partial charge is 0.322 e. The van der Waals surface area contributed by atoms with E-state index < -0.39 is 11.5 Å². The highest BCUT2D eigenvalue weighted by Gasteiger charge is 2.36. The summed E-state index contributed by atoms with van der Waals surface area (Å²) in [7, 11) is 1.62. The van der Waals surface area contributed by atoms with Gasteiger partial charge in [0.25, 0.3) is 0 Å². The summed E-state index contributed by atoms with van der Waals surface area (Å²) in [5.74, 6) is 0.496. The van der Waals surface area contributed by atoms with Crippen LogP contribution in [-0.2, 0) is 14.3 Å². The van der Waals surface area contributed by atoms with E-state index in [0.717, 1.165) is 24.3 Å². The van der Waals surface area contributed by atoms with E-state index in [1.807, 2.05) is 36.3 Å². The number of likely N-dealkylation sites (tertiary alicyclic amines) is 1. The number of carbonyl (C=O) groups is 2. The third kappa shape index (κ3) is 7.40. The molecule has 2 saturated heterocycles. The van der Waals surface area contributed by atoms with Crippen molar-refractivity contribution in [3.8, 4) is 0 Å². The summed E-state index contributed by atoms with van der Waals surface area (Å²) >= 11 is 1.51. The second-order valence-electron chi connectivity index (χ2n) is 9.90. The second kappa shape index (κ2) is 12.1. The third-order valence-corrected chi connectivity index (χ3v) is 7.70. The van der Waals surface area contributed by atoms with E-state index in [1.54, 1.807) is 12.0 Å². The van der Waals surface area contributed by atoms with Gasteiger partial charge in [0.1, 0.15) is 0 Å². The van der Waals surface area contributed by atoms with Gasteiger partial charge in [-0.05, 0) is 48.6 Å². The molecular formula is C24H39N3O5S. The van der Waals surface area contributed by atoms with E-state index in [4.69, 9.17) is 9.47 Å². The standard InChI is InChI=1S/C24H39N3O5S/c1-24(2)17-32-11-4-6-19-15-27(23(30)25-21-7-5-13-33-21)9-8-18(19)14-22(29)26(10-12-31-3)16-20(24)28/h5,7,13,18-20,28H,4,6,8-12,14-17H2,1-3H3,(H,25,30)/t18-,19-,20-/m0/s1. The van der Waals surface area contributed by atoms with E-state index in [2.05, 4.69) is 5.32 Å². The number of aliphatic hydroxyl groups excluding tert-OH is 1. The quantitative estimate of drug-likeness (QED) is 0.689. The molecule has 3 rings (SSSR count). The molecular weight excluding hydrogens is 442 g/mol. The first-order valence-electron chi connectivity index (χ1n) is 11.9. The van der Waals surface area contributed by atoms with E-state index in [1.165, 1.54) is 11.3 Å². The number of urea groups is 1. The average Bonchev–Trinajstić information content (AvgIpc) is 3.29. The summed E-state index contributed by atoms with van der Waals surface area (Å²) in [4.78, 5) is 29.7. The highest BCUT2D eigenvalue weighted by molar-refractivity contribution is 7.14. The Bertz CT molecular complexity index is 757. The van der Waals surface area contributed by atoms with Crippen LogP contribution in [0.25, 0.3) is 0 Å². The number of nitrogens with one attached hydrogen (secondary N) is 1. The maximum atomic E-state index is 13.3. The van der Waals surface area contributed by atoms with Gasteiger partial charge in [0.15, 0.2) is 0 Å². The van der Waals surface area contributed by atoms with Gasteiger partial charge >= 0.3 is 6.03 Å². The van der Waals surface area contributed by atoms with Crippen LogP contribution in [0.15, 0.2) is 17.5 Å². The predicted molar refractivity (Wildman–Crippen MR) is 129 cm³/mol. The first kappa shape index (κ1) is 25.9. The minimum atomic E-state index is -0.683. The van der Waals surface area contributed by atoms with Crippen molar-refractivity contribution in [2.24, 2.45) is 17.3 Å². The number of piperidine rings is 1. The van der Waals surface area contributed by atoms with Crippen LogP contribution in [0.5, 0.6) is 0 Å². The minimum absolute atomic E-state index is 0.0496. The van der Waals surface area contributed by atoms with Gasteiger partial charge in [-0.3, -0.25) is 10.1 Å². The number of rotatable bonds is 4. The largest absolute Gasteiger partial charge is 0.391 e. The molecule has 0 radical (unpaired) electrons. The Labute approximate surface area is 201 Å². The Morgan fingerprint density at radius 3 is 2.88 bits per heavy atom. The van der Waals surface area contributed by atoms with Crippen molar-refractivity contribution in [1.29, 1.82) is 0 Å². The fourth-order valence-electron chi connectivity index (χ4n) is 4.60. The number of hydrogen-bond acceptors (Lipinski definition) is 6. The summed E-state index contributed by atoms with van der Waals surface area (Å²) in [5, 5.41) is 16.6. The lowest BCUT2D eigenvalue weighted by atomic mass is 9.80. The van der Waals surface area contributed by atoms with Gasteiger partial charge in [-0.1, -0.05) is 13.8 Å². The molecule has 3 heterocycles. The Kier molecular flexibility index (Phi) is 9.55. The van der Waals surface area contributed by atoms with Crippen molar-refractivity contribution >= 4 is 28.3 Å². The van der Waals surface area contributed by atoms with Gasteiger partial charge in [-0.25, -0.2) is 4.79 Å². The van der Waals surface area contributed by atoms with Crippen LogP contribution in [0.1, 0.15) is 39.5 Å². The monoisotopic (exact) mass is 481 g/mol. The van der Waals surface area contributed by atoms with E-state index in [9.17, 15) is 14.7 Å². The molecule has 0 spiro atoms. The van der Waals surface area contributed by atoms with Crippen LogP contribution in [-0.4, -0.2) is 86.1 Å². The molecule has 9 heteroatoms. The summed E-state index contributed by atoms with van der Waals surface area (Å²) in [6.45, 7) is 7.42. The zero-order valence-electron chi connectivity index (χ0n) is 20.1. The number of fused-ring (bicyclic) bond motifs is 1. The fourth-order valence-corrected chi connectivity index (χ4v) is 5.21. The lowest BCUT2D eigenvalue weighted by molar-refractivity contribution is -0.137. The molecule has 2 N–H and O–H groups in total. The molecule has 8 nitrogen and oxygen atoms in total. The molecule has 0 saturated carbocycles. The molecule has 186 valence electrons. The highest BCUT2D eigenvalue weighted by Crippen LogP contribution is 2.32. The van der Waals surface area contributed by atoms with Crippen LogP contribution in [0, 0.1) is 17.3 Å². The van der Waals surface area contributed by atoms with Crippen molar-refractivity contribution in [3.05, 3.63) is 17.5 Å². The molecule has 1 aromatic rings. The Morgan fingerprint density at radius 1 is 1.33 bits per heavy atom. The second-order valence-corrected chi connectivity index (χ2v) is 10.8. The Hall–Kier alpha value is -1.68. The number of hydrogen-bond donors (Lipinski definition) is 2. The number of nitrogens with zero attached hydrogens (tertiary/aromatic N) is 2. The number of β-amino-alcohol motifs (C(OH)–C–C–N with tert-alkyl or cyclic N) is 1. The predicted octanol–water partition coefficient (Wildman–Crippen LogP) is 3.28. The Morgan fingerprint density at radius 2 is 2.15 bits per heavy atom.